The monoisotopic (exact) mass is 419 g/mol. The molecule has 1 aliphatic heterocycles. The van der Waals surface area contributed by atoms with Gasteiger partial charge in [0, 0.05) is 16.3 Å². The lowest BCUT2D eigenvalue weighted by Gasteiger charge is -2.25. The largest absolute Gasteiger partial charge is 0.508 e. The number of aryl methyl sites for hydroxylation is 1. The number of aromatic hydroxyl groups is 1. The van der Waals surface area contributed by atoms with Gasteiger partial charge in [0.15, 0.2) is 0 Å². The van der Waals surface area contributed by atoms with Gasteiger partial charge in [-0.2, -0.15) is 0 Å². The molecule has 3 aromatic carbocycles. The van der Waals surface area contributed by atoms with Crippen molar-refractivity contribution in [2.75, 3.05) is 4.90 Å². The van der Waals surface area contributed by atoms with E-state index in [1.165, 1.54) is 17.0 Å². The Labute approximate surface area is 178 Å². The van der Waals surface area contributed by atoms with E-state index in [0.29, 0.717) is 21.8 Å². The molecule has 0 radical (unpaired) electrons. The summed E-state index contributed by atoms with van der Waals surface area (Å²) in [7, 11) is 0. The van der Waals surface area contributed by atoms with Crippen molar-refractivity contribution >= 4 is 34.7 Å². The predicted octanol–water partition coefficient (Wildman–Crippen LogP) is 4.98. The molecule has 1 unspecified atom stereocenters. The second-order valence-corrected chi connectivity index (χ2v) is 7.54. The molecule has 3 aromatic rings. The number of nitrogens with zero attached hydrogens (tertiary/aromatic N) is 1. The number of Topliss-reactive ketones (excluding diaryl/α,β-unsaturated/α-hetero) is 1. The van der Waals surface area contributed by atoms with Gasteiger partial charge >= 0.3 is 0 Å². The number of ketones is 1. The van der Waals surface area contributed by atoms with Crippen LogP contribution in [-0.4, -0.2) is 21.9 Å². The number of benzene rings is 3. The maximum atomic E-state index is 13.0. The van der Waals surface area contributed by atoms with Crippen molar-refractivity contribution in [1.82, 2.24) is 0 Å². The van der Waals surface area contributed by atoms with Gasteiger partial charge in [-0.1, -0.05) is 41.4 Å². The fraction of sp³-hybridized carbons (Fsp3) is 0.0833. The molecule has 1 heterocycles. The Bertz CT molecular complexity index is 1150. The van der Waals surface area contributed by atoms with Crippen LogP contribution in [0.25, 0.3) is 5.76 Å². The molecule has 0 aromatic heterocycles. The van der Waals surface area contributed by atoms with E-state index < -0.39 is 17.7 Å². The highest BCUT2D eigenvalue weighted by Gasteiger charge is 2.46. The van der Waals surface area contributed by atoms with Gasteiger partial charge in [-0.05, 0) is 61.0 Å². The molecule has 2 N–H and O–H groups in total. The second kappa shape index (κ2) is 7.69. The molecule has 1 amide bonds. The third kappa shape index (κ3) is 3.44. The van der Waals surface area contributed by atoms with Gasteiger partial charge in [0.2, 0.25) is 0 Å². The highest BCUT2D eigenvalue weighted by Crippen LogP contribution is 2.42. The normalized spacial score (nSPS) is 18.1. The van der Waals surface area contributed by atoms with Gasteiger partial charge in [-0.3, -0.25) is 14.5 Å². The summed E-state index contributed by atoms with van der Waals surface area (Å²) in [6.07, 6.45) is 0. The quantitative estimate of drug-likeness (QED) is 0.356. The zero-order valence-corrected chi connectivity index (χ0v) is 16.8. The first-order valence-corrected chi connectivity index (χ1v) is 9.67. The molecule has 150 valence electrons. The Morgan fingerprint density at radius 2 is 1.50 bits per heavy atom. The zero-order chi connectivity index (χ0) is 21.4. The lowest BCUT2D eigenvalue weighted by atomic mass is 9.95. The van der Waals surface area contributed by atoms with Gasteiger partial charge in [-0.25, -0.2) is 0 Å². The molecule has 0 aliphatic carbocycles. The Morgan fingerprint density at radius 3 is 2.10 bits per heavy atom. The number of anilines is 1. The van der Waals surface area contributed by atoms with Gasteiger partial charge in [-0.15, -0.1) is 0 Å². The van der Waals surface area contributed by atoms with Crippen LogP contribution in [0.4, 0.5) is 5.69 Å². The summed E-state index contributed by atoms with van der Waals surface area (Å²) in [4.78, 5) is 27.4. The number of phenols is 1. The number of rotatable bonds is 3. The van der Waals surface area contributed by atoms with Crippen LogP contribution < -0.4 is 4.90 Å². The van der Waals surface area contributed by atoms with Crippen molar-refractivity contribution in [3.05, 3.63) is 100 Å². The summed E-state index contributed by atoms with van der Waals surface area (Å²) in [5.74, 6) is -1.73. The van der Waals surface area contributed by atoms with E-state index in [-0.39, 0.29) is 17.1 Å². The maximum Gasteiger partial charge on any atom is 0.300 e. The molecule has 0 bridgehead atoms. The number of hydrogen-bond acceptors (Lipinski definition) is 4. The van der Waals surface area contributed by atoms with E-state index in [1.54, 1.807) is 48.5 Å². The molecule has 1 saturated heterocycles. The average molecular weight is 420 g/mol. The topological polar surface area (TPSA) is 77.8 Å². The Balaban J connectivity index is 1.93. The minimum atomic E-state index is -0.844. The van der Waals surface area contributed by atoms with E-state index in [2.05, 4.69) is 0 Å². The van der Waals surface area contributed by atoms with Crippen LogP contribution in [0.3, 0.4) is 0 Å². The van der Waals surface area contributed by atoms with E-state index in [0.717, 1.165) is 5.56 Å². The number of aliphatic hydroxyl groups excluding tert-OH is 1. The van der Waals surface area contributed by atoms with Crippen molar-refractivity contribution in [1.29, 1.82) is 0 Å². The third-order valence-corrected chi connectivity index (χ3v) is 5.34. The van der Waals surface area contributed by atoms with Crippen molar-refractivity contribution in [3.63, 3.8) is 0 Å². The number of phenolic OH excluding ortho intramolecular Hbond substituents is 1. The summed E-state index contributed by atoms with van der Waals surface area (Å²) >= 11 is 5.93. The van der Waals surface area contributed by atoms with Crippen LogP contribution in [0, 0.1) is 6.92 Å². The van der Waals surface area contributed by atoms with Crippen molar-refractivity contribution in [3.8, 4) is 5.75 Å². The molecular formula is C24H18ClNO4. The highest BCUT2D eigenvalue weighted by atomic mass is 35.5. The molecule has 1 fully saturated rings. The molecule has 0 saturated carbocycles. The first kappa shape index (κ1) is 19.7. The van der Waals surface area contributed by atoms with Crippen LogP contribution in [0.5, 0.6) is 5.75 Å². The Morgan fingerprint density at radius 1 is 0.900 bits per heavy atom. The maximum absolute atomic E-state index is 13.0. The van der Waals surface area contributed by atoms with Gasteiger partial charge in [0.05, 0.1) is 11.6 Å². The highest BCUT2D eigenvalue weighted by molar-refractivity contribution is 6.51. The SMILES string of the molecule is Cc1ccc(N2C(=O)C(=O)/C(=C(/O)c3ccc(Cl)cc3)C2c2ccc(O)cc2)cc1. The number of amides is 1. The molecule has 30 heavy (non-hydrogen) atoms. The standard InChI is InChI=1S/C24H18ClNO4/c1-14-2-10-18(11-3-14)26-21(15-6-12-19(27)13-7-15)20(23(29)24(26)30)22(28)16-4-8-17(25)9-5-16/h2-13,21,27-28H,1H3/b22-20+. The lowest BCUT2D eigenvalue weighted by molar-refractivity contribution is -0.132. The number of halogens is 1. The first-order chi connectivity index (χ1) is 14.4. The van der Waals surface area contributed by atoms with Crippen molar-refractivity contribution < 1.29 is 19.8 Å². The van der Waals surface area contributed by atoms with E-state index >= 15 is 0 Å². The number of aliphatic hydroxyl groups is 1. The first-order valence-electron chi connectivity index (χ1n) is 9.29. The van der Waals surface area contributed by atoms with Crippen molar-refractivity contribution in [2.45, 2.75) is 13.0 Å². The van der Waals surface area contributed by atoms with Gasteiger partial charge in [0.25, 0.3) is 11.7 Å². The third-order valence-electron chi connectivity index (χ3n) is 5.08. The Kier molecular flexibility index (Phi) is 5.06. The van der Waals surface area contributed by atoms with E-state index in [9.17, 15) is 19.8 Å². The molecule has 1 aliphatic rings. The van der Waals surface area contributed by atoms with Gasteiger partial charge in [0.1, 0.15) is 11.5 Å². The minimum Gasteiger partial charge on any atom is -0.508 e. The van der Waals surface area contributed by atoms with Gasteiger partial charge < -0.3 is 10.2 Å². The lowest BCUT2D eigenvalue weighted by Crippen LogP contribution is -2.29. The summed E-state index contributed by atoms with van der Waals surface area (Å²) in [6.45, 7) is 1.93. The van der Waals surface area contributed by atoms with Crippen LogP contribution >= 0.6 is 11.6 Å². The zero-order valence-electron chi connectivity index (χ0n) is 16.0. The minimum absolute atomic E-state index is 0.0198. The van der Waals surface area contributed by atoms with Crippen molar-refractivity contribution in [2.24, 2.45) is 0 Å². The number of carbonyl (C=O) groups excluding carboxylic acids is 2. The molecular weight excluding hydrogens is 402 g/mol. The van der Waals surface area contributed by atoms with Crippen LogP contribution in [0.2, 0.25) is 5.02 Å². The predicted molar refractivity (Wildman–Crippen MR) is 116 cm³/mol. The fourth-order valence-corrected chi connectivity index (χ4v) is 3.67. The van der Waals surface area contributed by atoms with Crippen LogP contribution in [0.1, 0.15) is 22.7 Å². The van der Waals surface area contributed by atoms with E-state index in [4.69, 9.17) is 11.6 Å². The number of hydrogen-bond donors (Lipinski definition) is 2. The number of carbonyl (C=O) groups is 2. The summed E-state index contributed by atoms with van der Waals surface area (Å²) < 4.78 is 0. The molecule has 6 heteroatoms. The van der Waals surface area contributed by atoms with Crippen LogP contribution in [-0.2, 0) is 9.59 Å². The molecule has 4 rings (SSSR count). The molecule has 1 atom stereocenters. The fourth-order valence-electron chi connectivity index (χ4n) is 3.54. The average Bonchev–Trinajstić information content (AvgIpc) is 3.00. The second-order valence-electron chi connectivity index (χ2n) is 7.10. The molecule has 0 spiro atoms. The summed E-state index contributed by atoms with van der Waals surface area (Å²) in [5, 5.41) is 21.1. The molecule has 5 nitrogen and oxygen atoms in total. The Hall–Kier alpha value is -3.57. The summed E-state index contributed by atoms with van der Waals surface area (Å²) in [6, 6.07) is 19.0. The van der Waals surface area contributed by atoms with Crippen LogP contribution in [0.15, 0.2) is 78.4 Å². The smallest absolute Gasteiger partial charge is 0.300 e. The summed E-state index contributed by atoms with van der Waals surface area (Å²) in [5.41, 5.74) is 2.50. The van der Waals surface area contributed by atoms with E-state index in [1.807, 2.05) is 19.1 Å².